The predicted octanol–water partition coefficient (Wildman–Crippen LogP) is 2.82. The Labute approximate surface area is 84.9 Å². The van der Waals surface area contributed by atoms with Crippen LogP contribution in [0.1, 0.15) is 17.9 Å². The number of rotatable bonds is 3. The zero-order chi connectivity index (χ0) is 11.5. The van der Waals surface area contributed by atoms with E-state index in [9.17, 15) is 17.6 Å². The summed E-state index contributed by atoms with van der Waals surface area (Å²) in [5.74, 6) is -1.27. The Morgan fingerprint density at radius 2 is 1.67 bits per heavy atom. The second-order valence-electron chi connectivity index (χ2n) is 3.30. The molecule has 0 aromatic heterocycles. The van der Waals surface area contributed by atoms with Gasteiger partial charge in [0.15, 0.2) is 0 Å². The van der Waals surface area contributed by atoms with Crippen LogP contribution in [-0.4, -0.2) is 12.7 Å². The first kappa shape index (κ1) is 12.0. The van der Waals surface area contributed by atoms with Crippen molar-refractivity contribution in [3.63, 3.8) is 0 Å². The standard InChI is InChI=1S/C10H11F4N/c11-9-3-1-7(2-4-9)8(6-15)5-10(12,13)14/h1-4,8H,5-6,15H2. The van der Waals surface area contributed by atoms with Gasteiger partial charge in [0.2, 0.25) is 0 Å². The molecule has 0 aliphatic rings. The summed E-state index contributed by atoms with van der Waals surface area (Å²) in [5.41, 5.74) is 5.67. The number of benzene rings is 1. The molecule has 84 valence electrons. The van der Waals surface area contributed by atoms with E-state index < -0.39 is 24.3 Å². The Morgan fingerprint density at radius 3 is 2.07 bits per heavy atom. The molecule has 0 saturated heterocycles. The lowest BCUT2D eigenvalue weighted by atomic mass is 9.96. The van der Waals surface area contributed by atoms with Gasteiger partial charge in [-0.3, -0.25) is 0 Å². The summed E-state index contributed by atoms with van der Waals surface area (Å²) < 4.78 is 48.9. The van der Waals surface area contributed by atoms with Crippen LogP contribution in [0.5, 0.6) is 0 Å². The van der Waals surface area contributed by atoms with Gasteiger partial charge in [0.05, 0.1) is 6.42 Å². The molecular formula is C10H11F4N. The molecule has 0 aliphatic carbocycles. The Morgan fingerprint density at radius 1 is 1.13 bits per heavy atom. The molecule has 0 radical (unpaired) electrons. The quantitative estimate of drug-likeness (QED) is 0.780. The molecule has 2 N–H and O–H groups in total. The summed E-state index contributed by atoms with van der Waals surface area (Å²) in [6, 6.07) is 4.93. The van der Waals surface area contributed by atoms with Crippen LogP contribution in [0.2, 0.25) is 0 Å². The highest BCUT2D eigenvalue weighted by atomic mass is 19.4. The fraction of sp³-hybridized carbons (Fsp3) is 0.400. The van der Waals surface area contributed by atoms with Crippen molar-refractivity contribution in [3.05, 3.63) is 35.6 Å². The normalized spacial score (nSPS) is 13.9. The molecule has 1 nitrogen and oxygen atoms in total. The van der Waals surface area contributed by atoms with Gasteiger partial charge in [0.1, 0.15) is 5.82 Å². The summed E-state index contributed by atoms with van der Waals surface area (Å²) >= 11 is 0. The van der Waals surface area contributed by atoms with Crippen molar-refractivity contribution in [2.75, 3.05) is 6.54 Å². The van der Waals surface area contributed by atoms with Crippen molar-refractivity contribution in [1.29, 1.82) is 0 Å². The molecule has 1 rings (SSSR count). The van der Waals surface area contributed by atoms with E-state index in [1.54, 1.807) is 0 Å². The molecule has 0 aliphatic heterocycles. The van der Waals surface area contributed by atoms with Crippen molar-refractivity contribution in [2.45, 2.75) is 18.5 Å². The maximum Gasteiger partial charge on any atom is 0.389 e. The molecule has 0 amide bonds. The lowest BCUT2D eigenvalue weighted by Gasteiger charge is -2.17. The Hall–Kier alpha value is -1.10. The van der Waals surface area contributed by atoms with E-state index >= 15 is 0 Å². The van der Waals surface area contributed by atoms with E-state index in [2.05, 4.69) is 0 Å². The van der Waals surface area contributed by atoms with E-state index in [-0.39, 0.29) is 6.54 Å². The summed E-state index contributed by atoms with van der Waals surface area (Å²) in [4.78, 5) is 0. The first-order chi connectivity index (χ1) is 6.92. The zero-order valence-electron chi connectivity index (χ0n) is 7.89. The topological polar surface area (TPSA) is 26.0 Å². The lowest BCUT2D eigenvalue weighted by Crippen LogP contribution is -2.20. The van der Waals surface area contributed by atoms with Crippen LogP contribution in [0.3, 0.4) is 0 Å². The van der Waals surface area contributed by atoms with Gasteiger partial charge in [-0.15, -0.1) is 0 Å². The minimum atomic E-state index is -4.25. The summed E-state index contributed by atoms with van der Waals surface area (Å²) in [5, 5.41) is 0. The van der Waals surface area contributed by atoms with Gasteiger partial charge in [-0.05, 0) is 24.2 Å². The lowest BCUT2D eigenvalue weighted by molar-refractivity contribution is -0.138. The number of halogens is 4. The van der Waals surface area contributed by atoms with Crippen molar-refractivity contribution < 1.29 is 17.6 Å². The third-order valence-corrected chi connectivity index (χ3v) is 2.10. The summed E-state index contributed by atoms with van der Waals surface area (Å²) in [6.07, 6.45) is -5.23. The molecule has 15 heavy (non-hydrogen) atoms. The number of hydrogen-bond donors (Lipinski definition) is 1. The maximum absolute atomic E-state index is 12.5. The molecular weight excluding hydrogens is 210 g/mol. The molecule has 5 heteroatoms. The van der Waals surface area contributed by atoms with E-state index in [0.717, 1.165) is 12.1 Å². The number of nitrogens with two attached hydrogens (primary N) is 1. The SMILES string of the molecule is NCC(CC(F)(F)F)c1ccc(F)cc1. The van der Waals surface area contributed by atoms with Gasteiger partial charge in [-0.1, -0.05) is 12.1 Å². The minimum absolute atomic E-state index is 0.106. The third-order valence-electron chi connectivity index (χ3n) is 2.10. The van der Waals surface area contributed by atoms with E-state index in [1.165, 1.54) is 12.1 Å². The van der Waals surface area contributed by atoms with Crippen LogP contribution in [0.25, 0.3) is 0 Å². The molecule has 0 fully saturated rings. The molecule has 0 saturated carbocycles. The molecule has 0 spiro atoms. The van der Waals surface area contributed by atoms with Gasteiger partial charge in [-0.25, -0.2) is 4.39 Å². The van der Waals surface area contributed by atoms with Crippen LogP contribution in [-0.2, 0) is 0 Å². The Balaban J connectivity index is 2.79. The number of alkyl halides is 3. The molecule has 0 heterocycles. The zero-order valence-corrected chi connectivity index (χ0v) is 7.89. The molecule has 1 atom stereocenters. The number of hydrogen-bond acceptors (Lipinski definition) is 1. The van der Waals surface area contributed by atoms with Crippen molar-refractivity contribution >= 4 is 0 Å². The first-order valence-electron chi connectivity index (χ1n) is 4.44. The van der Waals surface area contributed by atoms with Crippen LogP contribution >= 0.6 is 0 Å². The molecule has 1 unspecified atom stereocenters. The van der Waals surface area contributed by atoms with Gasteiger partial charge < -0.3 is 5.73 Å². The fourth-order valence-corrected chi connectivity index (χ4v) is 1.35. The van der Waals surface area contributed by atoms with Crippen molar-refractivity contribution in [2.24, 2.45) is 5.73 Å². The highest BCUT2D eigenvalue weighted by Crippen LogP contribution is 2.30. The van der Waals surface area contributed by atoms with E-state index in [1.807, 2.05) is 0 Å². The smallest absolute Gasteiger partial charge is 0.330 e. The average molecular weight is 221 g/mol. The average Bonchev–Trinajstić information content (AvgIpc) is 2.14. The monoisotopic (exact) mass is 221 g/mol. The molecule has 1 aromatic rings. The van der Waals surface area contributed by atoms with Crippen molar-refractivity contribution in [3.8, 4) is 0 Å². The van der Waals surface area contributed by atoms with E-state index in [0.29, 0.717) is 5.56 Å². The van der Waals surface area contributed by atoms with E-state index in [4.69, 9.17) is 5.73 Å². The maximum atomic E-state index is 12.5. The highest BCUT2D eigenvalue weighted by molar-refractivity contribution is 5.21. The van der Waals surface area contributed by atoms with Crippen LogP contribution < -0.4 is 5.73 Å². The van der Waals surface area contributed by atoms with Gasteiger partial charge >= 0.3 is 6.18 Å². The van der Waals surface area contributed by atoms with Crippen LogP contribution in [0, 0.1) is 5.82 Å². The Bertz CT molecular complexity index is 304. The second kappa shape index (κ2) is 4.61. The summed E-state index contributed by atoms with van der Waals surface area (Å²) in [6.45, 7) is -0.106. The fourth-order valence-electron chi connectivity index (χ4n) is 1.35. The third kappa shape index (κ3) is 3.87. The van der Waals surface area contributed by atoms with Gasteiger partial charge in [0, 0.05) is 5.92 Å². The van der Waals surface area contributed by atoms with Gasteiger partial charge in [0.25, 0.3) is 0 Å². The van der Waals surface area contributed by atoms with Crippen LogP contribution in [0.4, 0.5) is 17.6 Å². The predicted molar refractivity (Wildman–Crippen MR) is 48.9 cm³/mol. The second-order valence-corrected chi connectivity index (χ2v) is 3.30. The summed E-state index contributed by atoms with van der Waals surface area (Å²) in [7, 11) is 0. The molecule has 1 aromatic carbocycles. The minimum Gasteiger partial charge on any atom is -0.330 e. The van der Waals surface area contributed by atoms with Crippen LogP contribution in [0.15, 0.2) is 24.3 Å². The first-order valence-corrected chi connectivity index (χ1v) is 4.44. The van der Waals surface area contributed by atoms with Crippen molar-refractivity contribution in [1.82, 2.24) is 0 Å². The Kier molecular flexibility index (Phi) is 3.68. The molecule has 0 bridgehead atoms. The van der Waals surface area contributed by atoms with Gasteiger partial charge in [-0.2, -0.15) is 13.2 Å². The highest BCUT2D eigenvalue weighted by Gasteiger charge is 2.31. The largest absolute Gasteiger partial charge is 0.389 e.